The second kappa shape index (κ2) is 8.42. The van der Waals surface area contributed by atoms with E-state index in [0.29, 0.717) is 10.4 Å². The number of nitro benzene ring substituents is 1. The molecule has 148 valence electrons. The summed E-state index contributed by atoms with van der Waals surface area (Å²) in [6.07, 6.45) is 5.15. The number of rotatable bonds is 5. The normalized spacial score (nSPS) is 11.7. The minimum atomic E-state index is -0.422. The molecule has 1 heterocycles. The number of halogens is 1. The Balaban J connectivity index is 1.46. The van der Waals surface area contributed by atoms with Crippen LogP contribution in [0, 0.1) is 17.0 Å². The molecule has 0 unspecified atom stereocenters. The van der Waals surface area contributed by atoms with Gasteiger partial charge in [-0.15, -0.1) is 0 Å². The van der Waals surface area contributed by atoms with Crippen LogP contribution in [0.2, 0.25) is 0 Å². The van der Waals surface area contributed by atoms with Crippen molar-refractivity contribution in [3.05, 3.63) is 92.5 Å². The lowest BCUT2D eigenvalue weighted by molar-refractivity contribution is -0.385. The van der Waals surface area contributed by atoms with Gasteiger partial charge >= 0.3 is 0 Å². The predicted molar refractivity (Wildman–Crippen MR) is 122 cm³/mol. The zero-order valence-electron chi connectivity index (χ0n) is 15.9. The van der Waals surface area contributed by atoms with Gasteiger partial charge in [0.2, 0.25) is 5.89 Å². The van der Waals surface area contributed by atoms with Crippen molar-refractivity contribution in [3.8, 4) is 11.5 Å². The van der Waals surface area contributed by atoms with Crippen molar-refractivity contribution >= 4 is 50.7 Å². The highest BCUT2D eigenvalue weighted by atomic mass is 79.9. The average Bonchev–Trinajstić information content (AvgIpc) is 3.15. The van der Waals surface area contributed by atoms with Crippen LogP contribution in [0.1, 0.15) is 11.1 Å². The van der Waals surface area contributed by atoms with Gasteiger partial charge in [0.1, 0.15) is 5.52 Å². The minimum absolute atomic E-state index is 0.0269. The number of nitrogens with zero attached hydrogens (tertiary/aromatic N) is 3. The fourth-order valence-corrected chi connectivity index (χ4v) is 3.30. The standard InChI is InChI=1S/C23H16BrN3O3/c1-15-4-11-22-20(13-15)26-23(30-22)17-6-8-18(9-7-17)25-12-2-3-16-5-10-19(24)21(14-16)27(28)29/h2-14H,1H3/b3-2+,25-12?. The van der Waals surface area contributed by atoms with Gasteiger partial charge in [0.25, 0.3) is 5.69 Å². The molecule has 0 fully saturated rings. The topological polar surface area (TPSA) is 81.5 Å². The monoisotopic (exact) mass is 461 g/mol. The molecule has 7 heteroatoms. The average molecular weight is 462 g/mol. The molecule has 3 aromatic carbocycles. The molecule has 0 bridgehead atoms. The number of aliphatic imine (C=N–C) groups is 1. The van der Waals surface area contributed by atoms with Crippen molar-refractivity contribution in [1.29, 1.82) is 0 Å². The van der Waals surface area contributed by atoms with Gasteiger partial charge in [0, 0.05) is 17.8 Å². The van der Waals surface area contributed by atoms with Gasteiger partial charge in [-0.05, 0) is 82.5 Å². The maximum atomic E-state index is 11.0. The molecular formula is C23H16BrN3O3. The Morgan fingerprint density at radius 1 is 1.10 bits per heavy atom. The summed E-state index contributed by atoms with van der Waals surface area (Å²) >= 11 is 3.18. The minimum Gasteiger partial charge on any atom is -0.436 e. The van der Waals surface area contributed by atoms with E-state index in [1.807, 2.05) is 49.4 Å². The van der Waals surface area contributed by atoms with Crippen molar-refractivity contribution in [2.24, 2.45) is 4.99 Å². The highest BCUT2D eigenvalue weighted by molar-refractivity contribution is 9.10. The lowest BCUT2D eigenvalue weighted by Gasteiger charge is -1.97. The quantitative estimate of drug-likeness (QED) is 0.184. The summed E-state index contributed by atoms with van der Waals surface area (Å²) in [5.74, 6) is 0.572. The third-order valence-electron chi connectivity index (χ3n) is 4.42. The first kappa shape index (κ1) is 19.7. The lowest BCUT2D eigenvalue weighted by Crippen LogP contribution is -1.89. The zero-order chi connectivity index (χ0) is 21.1. The summed E-state index contributed by atoms with van der Waals surface area (Å²) in [7, 11) is 0. The number of hydrogen-bond donors (Lipinski definition) is 0. The molecule has 0 spiro atoms. The molecule has 0 saturated carbocycles. The van der Waals surface area contributed by atoms with E-state index in [1.165, 1.54) is 6.07 Å². The molecule has 4 aromatic rings. The van der Waals surface area contributed by atoms with Gasteiger partial charge < -0.3 is 4.42 Å². The van der Waals surface area contributed by atoms with Crippen LogP contribution in [0.4, 0.5) is 11.4 Å². The maximum absolute atomic E-state index is 11.0. The van der Waals surface area contributed by atoms with E-state index in [4.69, 9.17) is 4.42 Å². The molecule has 1 aromatic heterocycles. The summed E-state index contributed by atoms with van der Waals surface area (Å²) in [5, 5.41) is 11.0. The molecule has 6 nitrogen and oxygen atoms in total. The van der Waals surface area contributed by atoms with Gasteiger partial charge in [-0.2, -0.15) is 0 Å². The van der Waals surface area contributed by atoms with E-state index < -0.39 is 4.92 Å². The maximum Gasteiger partial charge on any atom is 0.284 e. The third kappa shape index (κ3) is 4.36. The molecule has 0 N–H and O–H groups in total. The molecule has 0 aliphatic rings. The summed E-state index contributed by atoms with van der Waals surface area (Å²) in [4.78, 5) is 19.5. The molecule has 0 atom stereocenters. The van der Waals surface area contributed by atoms with E-state index in [2.05, 4.69) is 25.9 Å². The number of nitro groups is 1. The molecule has 0 saturated heterocycles. The molecular weight excluding hydrogens is 446 g/mol. The summed E-state index contributed by atoms with van der Waals surface area (Å²) in [6.45, 7) is 2.02. The summed E-state index contributed by atoms with van der Waals surface area (Å²) < 4.78 is 6.27. The Kier molecular flexibility index (Phi) is 5.54. The molecule has 30 heavy (non-hydrogen) atoms. The van der Waals surface area contributed by atoms with Crippen LogP contribution in [-0.4, -0.2) is 16.1 Å². The lowest BCUT2D eigenvalue weighted by atomic mass is 10.2. The molecule has 0 aliphatic carbocycles. The highest BCUT2D eigenvalue weighted by Crippen LogP contribution is 2.27. The largest absolute Gasteiger partial charge is 0.436 e. The van der Waals surface area contributed by atoms with Crippen molar-refractivity contribution < 1.29 is 9.34 Å². The van der Waals surface area contributed by atoms with Crippen LogP contribution in [0.15, 0.2) is 80.6 Å². The van der Waals surface area contributed by atoms with Crippen LogP contribution in [-0.2, 0) is 0 Å². The number of aryl methyl sites for hydroxylation is 1. The first-order chi connectivity index (χ1) is 14.5. The molecule has 0 radical (unpaired) electrons. The Bertz CT molecular complexity index is 1290. The third-order valence-corrected chi connectivity index (χ3v) is 5.09. The first-order valence-corrected chi connectivity index (χ1v) is 9.91. The van der Waals surface area contributed by atoms with Crippen molar-refractivity contribution in [2.75, 3.05) is 0 Å². The van der Waals surface area contributed by atoms with E-state index in [-0.39, 0.29) is 5.69 Å². The summed E-state index contributed by atoms with van der Waals surface area (Å²) in [6, 6.07) is 18.4. The Morgan fingerprint density at radius 2 is 1.90 bits per heavy atom. The van der Waals surface area contributed by atoms with Crippen molar-refractivity contribution in [3.63, 3.8) is 0 Å². The van der Waals surface area contributed by atoms with Crippen LogP contribution in [0.25, 0.3) is 28.6 Å². The van der Waals surface area contributed by atoms with E-state index in [9.17, 15) is 10.1 Å². The number of benzene rings is 3. The van der Waals surface area contributed by atoms with Gasteiger partial charge in [0.05, 0.1) is 15.1 Å². The molecule has 0 aliphatic heterocycles. The SMILES string of the molecule is Cc1ccc2oc(-c3ccc(N=C/C=C/c4ccc(Br)c([N+](=O)[O-])c4)cc3)nc2c1. The van der Waals surface area contributed by atoms with Gasteiger partial charge in [-0.1, -0.05) is 18.2 Å². The van der Waals surface area contributed by atoms with E-state index in [1.54, 1.807) is 30.5 Å². The smallest absolute Gasteiger partial charge is 0.284 e. The summed E-state index contributed by atoms with van der Waals surface area (Å²) in [5.41, 5.74) is 5.13. The number of hydrogen-bond acceptors (Lipinski definition) is 5. The Labute approximate surface area is 180 Å². The van der Waals surface area contributed by atoms with Crippen molar-refractivity contribution in [1.82, 2.24) is 4.98 Å². The molecule has 4 rings (SSSR count). The molecule has 0 amide bonds. The van der Waals surface area contributed by atoms with E-state index >= 15 is 0 Å². The van der Waals surface area contributed by atoms with Crippen LogP contribution >= 0.6 is 15.9 Å². The second-order valence-corrected chi connectivity index (χ2v) is 7.50. The van der Waals surface area contributed by atoms with Gasteiger partial charge in [-0.25, -0.2) is 4.98 Å². The van der Waals surface area contributed by atoms with Crippen LogP contribution < -0.4 is 0 Å². The number of aromatic nitrogens is 1. The van der Waals surface area contributed by atoms with Crippen LogP contribution in [0.5, 0.6) is 0 Å². The zero-order valence-corrected chi connectivity index (χ0v) is 17.5. The first-order valence-electron chi connectivity index (χ1n) is 9.12. The number of allylic oxidation sites excluding steroid dienone is 1. The Morgan fingerprint density at radius 3 is 2.67 bits per heavy atom. The number of fused-ring (bicyclic) bond motifs is 1. The van der Waals surface area contributed by atoms with Crippen molar-refractivity contribution in [2.45, 2.75) is 6.92 Å². The van der Waals surface area contributed by atoms with Crippen LogP contribution in [0.3, 0.4) is 0 Å². The fraction of sp³-hybridized carbons (Fsp3) is 0.0435. The number of oxazole rings is 1. The van der Waals surface area contributed by atoms with Gasteiger partial charge in [0.15, 0.2) is 5.58 Å². The highest BCUT2D eigenvalue weighted by Gasteiger charge is 2.11. The van der Waals surface area contributed by atoms with E-state index in [0.717, 1.165) is 33.5 Å². The van der Waals surface area contributed by atoms with Gasteiger partial charge in [-0.3, -0.25) is 15.1 Å². The second-order valence-electron chi connectivity index (χ2n) is 6.64. The fourth-order valence-electron chi connectivity index (χ4n) is 2.91. The Hall–Kier alpha value is -3.58. The predicted octanol–water partition coefficient (Wildman–Crippen LogP) is 6.89.